The lowest BCUT2D eigenvalue weighted by atomic mass is 10.2. The van der Waals surface area contributed by atoms with E-state index in [-0.39, 0.29) is 46.6 Å². The van der Waals surface area contributed by atoms with Crippen molar-refractivity contribution >= 4 is 46.9 Å². The van der Waals surface area contributed by atoms with Crippen LogP contribution >= 0.6 is 24.8 Å². The van der Waals surface area contributed by atoms with E-state index in [2.05, 4.69) is 0 Å². The standard InChI is InChI=1S/C14H10O7S.2ClH/c15-13(16)9-1-5-11(6-2-9)21-22(19,20)12-7-3-10(4-8-12)14(17)18;;/h1-8H,(H,15,16)(H,17,18);2*1H. The molecule has 2 rings (SSSR count). The zero-order chi connectivity index (χ0) is 16.3. The first-order chi connectivity index (χ1) is 10.3. The molecular weight excluding hydrogens is 383 g/mol. The van der Waals surface area contributed by atoms with Gasteiger partial charge < -0.3 is 14.4 Å². The van der Waals surface area contributed by atoms with Gasteiger partial charge in [0.05, 0.1) is 11.1 Å². The number of hydrogen-bond donors (Lipinski definition) is 2. The Kier molecular flexibility index (Phi) is 7.72. The molecule has 0 unspecified atom stereocenters. The number of hydrogen-bond acceptors (Lipinski definition) is 5. The zero-order valence-electron chi connectivity index (χ0n) is 11.8. The minimum Gasteiger partial charge on any atom is -0.478 e. The summed E-state index contributed by atoms with van der Waals surface area (Å²) in [6.45, 7) is 0. The number of carbonyl (C=O) groups is 2. The molecule has 10 heteroatoms. The second kappa shape index (κ2) is 8.53. The highest BCUT2D eigenvalue weighted by Gasteiger charge is 2.17. The number of rotatable bonds is 5. The van der Waals surface area contributed by atoms with Gasteiger partial charge in [0, 0.05) is 0 Å². The van der Waals surface area contributed by atoms with Gasteiger partial charge in [-0.05, 0) is 48.5 Å². The Balaban J connectivity index is 0.00000264. The fraction of sp³-hybridized carbons (Fsp3) is 0. The first-order valence-corrected chi connectivity index (χ1v) is 7.31. The van der Waals surface area contributed by atoms with Crippen LogP contribution in [0.1, 0.15) is 20.7 Å². The molecule has 0 saturated carbocycles. The van der Waals surface area contributed by atoms with Crippen LogP contribution in [0.5, 0.6) is 5.75 Å². The summed E-state index contributed by atoms with van der Waals surface area (Å²) in [5.41, 5.74) is -0.0553. The van der Waals surface area contributed by atoms with E-state index in [1.807, 2.05) is 0 Å². The van der Waals surface area contributed by atoms with Crippen LogP contribution in [0.4, 0.5) is 0 Å². The van der Waals surface area contributed by atoms with E-state index < -0.39 is 22.1 Å². The molecule has 2 N–H and O–H groups in total. The van der Waals surface area contributed by atoms with Crippen molar-refractivity contribution in [3.05, 3.63) is 59.7 Å². The van der Waals surface area contributed by atoms with Gasteiger partial charge in [0.2, 0.25) is 0 Å². The molecule has 0 saturated heterocycles. The lowest BCUT2D eigenvalue weighted by molar-refractivity contribution is 0.0686. The molecular formula is C14H12Cl2O7S. The minimum absolute atomic E-state index is 0. The van der Waals surface area contributed by atoms with E-state index in [0.717, 1.165) is 24.3 Å². The molecule has 0 radical (unpaired) electrons. The average Bonchev–Trinajstić information content (AvgIpc) is 2.47. The summed E-state index contributed by atoms with van der Waals surface area (Å²) in [6.07, 6.45) is 0. The Morgan fingerprint density at radius 3 is 1.50 bits per heavy atom. The SMILES string of the molecule is Cl.Cl.O=C(O)c1ccc(OS(=O)(=O)c2ccc(C(=O)O)cc2)cc1. The minimum atomic E-state index is -4.13. The van der Waals surface area contributed by atoms with Gasteiger partial charge in [-0.2, -0.15) is 8.42 Å². The summed E-state index contributed by atoms with van der Waals surface area (Å²) in [5, 5.41) is 17.5. The third kappa shape index (κ3) is 5.12. The molecule has 0 aliphatic rings. The van der Waals surface area contributed by atoms with Gasteiger partial charge in [-0.3, -0.25) is 0 Å². The van der Waals surface area contributed by atoms with E-state index in [1.165, 1.54) is 24.3 Å². The van der Waals surface area contributed by atoms with Crippen molar-refractivity contribution in [3.8, 4) is 5.75 Å². The second-order valence-electron chi connectivity index (χ2n) is 4.20. The van der Waals surface area contributed by atoms with Gasteiger partial charge >= 0.3 is 22.1 Å². The topological polar surface area (TPSA) is 118 Å². The van der Waals surface area contributed by atoms with Crippen LogP contribution in [0.3, 0.4) is 0 Å². The molecule has 0 aromatic heterocycles. The molecule has 0 heterocycles. The second-order valence-corrected chi connectivity index (χ2v) is 5.74. The van der Waals surface area contributed by atoms with Crippen molar-refractivity contribution in [2.45, 2.75) is 4.90 Å². The van der Waals surface area contributed by atoms with Crippen LogP contribution in [0.15, 0.2) is 53.4 Å². The van der Waals surface area contributed by atoms with Crippen molar-refractivity contribution in [1.82, 2.24) is 0 Å². The molecule has 24 heavy (non-hydrogen) atoms. The molecule has 0 aliphatic carbocycles. The summed E-state index contributed by atoms with van der Waals surface area (Å²) < 4.78 is 28.9. The molecule has 0 aliphatic heterocycles. The maximum Gasteiger partial charge on any atom is 0.339 e. The molecule has 0 bridgehead atoms. The smallest absolute Gasteiger partial charge is 0.339 e. The Bertz CT molecular complexity index is 815. The predicted molar refractivity (Wildman–Crippen MR) is 89.1 cm³/mol. The Hall–Kier alpha value is -2.29. The summed E-state index contributed by atoms with van der Waals surface area (Å²) in [6, 6.07) is 9.37. The van der Waals surface area contributed by atoms with Gasteiger partial charge in [0.1, 0.15) is 10.6 Å². The Labute approximate surface area is 149 Å². The Morgan fingerprint density at radius 2 is 1.12 bits per heavy atom. The molecule has 0 fully saturated rings. The first-order valence-electron chi connectivity index (χ1n) is 5.91. The highest BCUT2D eigenvalue weighted by atomic mass is 35.5. The highest BCUT2D eigenvalue weighted by molar-refractivity contribution is 7.87. The van der Waals surface area contributed by atoms with E-state index in [0.29, 0.717) is 0 Å². The molecule has 130 valence electrons. The van der Waals surface area contributed by atoms with E-state index >= 15 is 0 Å². The quantitative estimate of drug-likeness (QED) is 0.748. The summed E-state index contributed by atoms with van der Waals surface area (Å²) in [4.78, 5) is 21.2. The number of carboxylic acids is 2. The number of carboxylic acid groups (broad SMARTS) is 2. The van der Waals surface area contributed by atoms with Gasteiger partial charge in [0.15, 0.2) is 0 Å². The number of aromatic carboxylic acids is 2. The predicted octanol–water partition coefficient (Wildman–Crippen LogP) is 2.69. The zero-order valence-corrected chi connectivity index (χ0v) is 14.2. The van der Waals surface area contributed by atoms with Crippen LogP contribution in [-0.4, -0.2) is 30.6 Å². The van der Waals surface area contributed by atoms with Crippen molar-refractivity contribution in [2.75, 3.05) is 0 Å². The molecule has 0 spiro atoms. The third-order valence-electron chi connectivity index (χ3n) is 2.70. The van der Waals surface area contributed by atoms with E-state index in [1.54, 1.807) is 0 Å². The summed E-state index contributed by atoms with van der Waals surface area (Å²) in [5.74, 6) is -2.36. The van der Waals surface area contributed by atoms with Gasteiger partial charge in [0.25, 0.3) is 0 Å². The van der Waals surface area contributed by atoms with Crippen molar-refractivity contribution < 1.29 is 32.4 Å². The fourth-order valence-electron chi connectivity index (χ4n) is 1.59. The van der Waals surface area contributed by atoms with Gasteiger partial charge in [-0.1, -0.05) is 0 Å². The third-order valence-corrected chi connectivity index (χ3v) is 3.96. The largest absolute Gasteiger partial charge is 0.478 e. The maximum atomic E-state index is 12.0. The molecule has 0 atom stereocenters. The number of halogens is 2. The first kappa shape index (κ1) is 21.7. The molecule has 0 amide bonds. The van der Waals surface area contributed by atoms with Gasteiger partial charge in [-0.15, -0.1) is 24.8 Å². The molecule has 2 aromatic rings. The molecule has 2 aromatic carbocycles. The Morgan fingerprint density at radius 1 is 0.750 bits per heavy atom. The normalized spacial score (nSPS) is 10.0. The van der Waals surface area contributed by atoms with Crippen LogP contribution in [-0.2, 0) is 10.1 Å². The van der Waals surface area contributed by atoms with Crippen LogP contribution < -0.4 is 4.18 Å². The lowest BCUT2D eigenvalue weighted by Gasteiger charge is -2.07. The van der Waals surface area contributed by atoms with Crippen LogP contribution in [0.25, 0.3) is 0 Å². The van der Waals surface area contributed by atoms with E-state index in [9.17, 15) is 18.0 Å². The fourth-order valence-corrected chi connectivity index (χ4v) is 2.52. The van der Waals surface area contributed by atoms with E-state index in [4.69, 9.17) is 14.4 Å². The van der Waals surface area contributed by atoms with Gasteiger partial charge in [-0.25, -0.2) is 9.59 Å². The maximum absolute atomic E-state index is 12.0. The van der Waals surface area contributed by atoms with Crippen molar-refractivity contribution in [1.29, 1.82) is 0 Å². The van der Waals surface area contributed by atoms with Crippen LogP contribution in [0.2, 0.25) is 0 Å². The van der Waals surface area contributed by atoms with Crippen molar-refractivity contribution in [2.24, 2.45) is 0 Å². The summed E-state index contributed by atoms with van der Waals surface area (Å²) in [7, 11) is -4.13. The van der Waals surface area contributed by atoms with Crippen LogP contribution in [0, 0.1) is 0 Å². The molecule has 7 nitrogen and oxygen atoms in total. The number of benzene rings is 2. The average molecular weight is 395 g/mol. The van der Waals surface area contributed by atoms with Crippen molar-refractivity contribution in [3.63, 3.8) is 0 Å². The monoisotopic (exact) mass is 394 g/mol. The summed E-state index contributed by atoms with van der Waals surface area (Å²) >= 11 is 0. The highest BCUT2D eigenvalue weighted by Crippen LogP contribution is 2.19. The lowest BCUT2D eigenvalue weighted by Crippen LogP contribution is -2.10.